The molecule has 2 amide bonds. The van der Waals surface area contributed by atoms with Gasteiger partial charge < -0.3 is 24.5 Å². The summed E-state index contributed by atoms with van der Waals surface area (Å²) in [6.45, 7) is 13.3. The summed E-state index contributed by atoms with van der Waals surface area (Å²) in [4.78, 5) is 62.5. The van der Waals surface area contributed by atoms with E-state index in [0.29, 0.717) is 67.7 Å². The van der Waals surface area contributed by atoms with Gasteiger partial charge in [-0.25, -0.2) is 9.18 Å². The van der Waals surface area contributed by atoms with Crippen LogP contribution in [0.3, 0.4) is 0 Å². The minimum atomic E-state index is -1.92. The highest BCUT2D eigenvalue weighted by Gasteiger charge is 2.42. The largest absolute Gasteiger partial charge is 0.494 e. The molecule has 2 aliphatic rings. The Hall–Kier alpha value is -4.57. The maximum atomic E-state index is 13.5. The Morgan fingerprint density at radius 2 is 1.92 bits per heavy atom. The molecule has 2 aromatic carbocycles. The van der Waals surface area contributed by atoms with Crippen LogP contribution in [0.4, 0.5) is 10.1 Å². The lowest BCUT2D eigenvalue weighted by Gasteiger charge is -2.38. The van der Waals surface area contributed by atoms with Gasteiger partial charge in [0.2, 0.25) is 12.8 Å². The van der Waals surface area contributed by atoms with Crippen molar-refractivity contribution in [3.8, 4) is 17.0 Å². The summed E-state index contributed by atoms with van der Waals surface area (Å²) in [5.41, 5.74) is 1.80. The van der Waals surface area contributed by atoms with Crippen LogP contribution in [0.15, 0.2) is 52.6 Å². The van der Waals surface area contributed by atoms with Gasteiger partial charge in [0.15, 0.2) is 0 Å². The third-order valence-electron chi connectivity index (χ3n) is 6.87. The zero-order chi connectivity index (χ0) is 36.5. The molecule has 0 fully saturated rings. The first-order chi connectivity index (χ1) is 23.3. The van der Waals surface area contributed by atoms with E-state index in [1.807, 2.05) is 20.8 Å². The lowest BCUT2D eigenvalue weighted by atomic mass is 10.1. The van der Waals surface area contributed by atoms with E-state index in [1.165, 1.54) is 28.8 Å². The van der Waals surface area contributed by atoms with Gasteiger partial charge in [0.25, 0.3) is 6.47 Å². The number of H-pyrrole nitrogens is 1. The number of thioether (sulfide) groups is 1. The third kappa shape index (κ3) is 8.92. The fourth-order valence-electron chi connectivity index (χ4n) is 4.97. The predicted molar refractivity (Wildman–Crippen MR) is 184 cm³/mol. The Labute approximate surface area is 290 Å². The number of aromatic amines is 1. The standard InChI is InChI=1S/C16H12FN2O3S.C15H22N2O6S.C2H6/c1-2-22-10-4-5-11-14(8-10)23(21)19(20)16-12-7-9(17)3-6-13(12)18-15(11)16;1-10(16-7-18)13-17(8-19)12(14(21)23-15(2,3)4)11(6-24-13)5-22-9-20;1-2/h3-8,18H,2H2,1H3;7-10,13H,5-6H2,1-4H3,(H,16,18);1-2H3/q+1;;. The minimum Gasteiger partial charge on any atom is -0.494 e. The first-order valence-corrected chi connectivity index (χ1v) is 17.5. The highest BCUT2D eigenvalue weighted by atomic mass is 32.2. The summed E-state index contributed by atoms with van der Waals surface area (Å²) >= 11 is 1.35. The molecule has 0 bridgehead atoms. The van der Waals surface area contributed by atoms with Crippen LogP contribution in [-0.4, -0.2) is 79.5 Å². The van der Waals surface area contributed by atoms with Gasteiger partial charge in [0.05, 0.1) is 23.6 Å². The number of carbonyl (C=O) groups is 4. The summed E-state index contributed by atoms with van der Waals surface area (Å²) in [5, 5.41) is 2.52. The van der Waals surface area contributed by atoms with Crippen molar-refractivity contribution in [1.29, 1.82) is 0 Å². The van der Waals surface area contributed by atoms with E-state index in [0.717, 1.165) is 0 Å². The summed E-state index contributed by atoms with van der Waals surface area (Å²) < 4.78 is 42.0. The molecule has 2 aliphatic heterocycles. The molecular weight excluding hydrogens is 680 g/mol. The molecule has 3 heterocycles. The Bertz CT molecular complexity index is 1770. The van der Waals surface area contributed by atoms with Gasteiger partial charge in [0.1, 0.15) is 49.6 Å². The second-order valence-electron chi connectivity index (χ2n) is 11.3. The maximum Gasteiger partial charge on any atom is 0.370 e. The van der Waals surface area contributed by atoms with Crippen LogP contribution >= 0.6 is 11.8 Å². The van der Waals surface area contributed by atoms with Crippen LogP contribution in [-0.2, 0) is 39.6 Å². The summed E-state index contributed by atoms with van der Waals surface area (Å²) in [7, 11) is -1.92. The molecule has 0 aliphatic carbocycles. The Morgan fingerprint density at radius 1 is 1.20 bits per heavy atom. The van der Waals surface area contributed by atoms with Crippen LogP contribution in [0.25, 0.3) is 22.2 Å². The van der Waals surface area contributed by atoms with Gasteiger partial charge >= 0.3 is 22.6 Å². The van der Waals surface area contributed by atoms with Crippen molar-refractivity contribution in [2.45, 2.75) is 70.4 Å². The number of halogens is 1. The summed E-state index contributed by atoms with van der Waals surface area (Å²) in [6.07, 6.45) is 1.05. The zero-order valence-corrected chi connectivity index (χ0v) is 29.9. The molecule has 1 aromatic heterocycles. The number of nitrogens with one attached hydrogen (secondary N) is 2. The third-order valence-corrected chi connectivity index (χ3v) is 9.56. The highest BCUT2D eigenvalue weighted by molar-refractivity contribution is 8.00. The Morgan fingerprint density at radius 3 is 2.53 bits per heavy atom. The van der Waals surface area contributed by atoms with Gasteiger partial charge in [-0.1, -0.05) is 13.8 Å². The molecule has 16 heteroatoms. The highest BCUT2D eigenvalue weighted by Crippen LogP contribution is 2.45. The SMILES string of the molecule is CC.CC(NC=O)C1SCC(COC=O)=C(C(=O)OC(C)(C)C)N1C=O.CCOc1ccc2c(c1)S(=O)[N+](=O)c1c-2[nH]c2ccc(F)cc12. The number of nitrogens with zero attached hydrogens (tertiary/aromatic N) is 2. The first kappa shape index (κ1) is 38.9. The number of ether oxygens (including phenoxy) is 3. The molecule has 0 radical (unpaired) electrons. The van der Waals surface area contributed by atoms with Crippen molar-refractivity contribution in [2.24, 2.45) is 0 Å². The van der Waals surface area contributed by atoms with Crippen LogP contribution in [0.2, 0.25) is 0 Å². The predicted octanol–water partition coefficient (Wildman–Crippen LogP) is 5.27. The van der Waals surface area contributed by atoms with Crippen molar-refractivity contribution in [2.75, 3.05) is 19.0 Å². The van der Waals surface area contributed by atoms with Crippen molar-refractivity contribution in [3.63, 3.8) is 0 Å². The molecule has 3 aromatic rings. The summed E-state index contributed by atoms with van der Waals surface area (Å²) in [6, 6.07) is 8.89. The number of nitroso groups, excluding NO2 is 1. The van der Waals surface area contributed by atoms with Gasteiger partial charge in [-0.3, -0.25) is 19.3 Å². The van der Waals surface area contributed by atoms with Crippen molar-refractivity contribution in [3.05, 3.63) is 58.4 Å². The van der Waals surface area contributed by atoms with Gasteiger partial charge in [0, 0.05) is 27.9 Å². The molecule has 13 nitrogen and oxygen atoms in total. The Balaban J connectivity index is 0.000000253. The normalized spacial score (nSPS) is 17.2. The maximum absolute atomic E-state index is 13.5. The van der Waals surface area contributed by atoms with Crippen LogP contribution in [0.1, 0.15) is 48.5 Å². The average molecular weight is 720 g/mol. The molecule has 2 N–H and O–H groups in total. The second kappa shape index (κ2) is 17.2. The van der Waals surface area contributed by atoms with Crippen molar-refractivity contribution in [1.82, 2.24) is 15.2 Å². The van der Waals surface area contributed by atoms with Crippen molar-refractivity contribution >= 4 is 64.6 Å². The molecule has 5 rings (SSSR count). The van der Waals surface area contributed by atoms with E-state index < -0.39 is 33.7 Å². The zero-order valence-electron chi connectivity index (χ0n) is 28.2. The van der Waals surface area contributed by atoms with E-state index in [9.17, 15) is 32.7 Å². The van der Waals surface area contributed by atoms with Gasteiger partial charge in [-0.15, -0.1) is 11.8 Å². The quantitative estimate of drug-likeness (QED) is 0.160. The van der Waals surface area contributed by atoms with Crippen LogP contribution in [0.5, 0.6) is 5.75 Å². The number of benzene rings is 2. The van der Waals surface area contributed by atoms with Gasteiger partial charge in [-0.05, 0) is 65.0 Å². The number of hydrogen-bond donors (Lipinski definition) is 2. The topological polar surface area (TPSA) is 164 Å². The lowest BCUT2D eigenvalue weighted by Crippen LogP contribution is -2.50. The molecule has 0 spiro atoms. The second-order valence-corrected chi connectivity index (χ2v) is 13.7. The summed E-state index contributed by atoms with van der Waals surface area (Å²) in [5.74, 6) is -0.209. The Kier molecular flexibility index (Phi) is 13.6. The smallest absolute Gasteiger partial charge is 0.370 e. The lowest BCUT2D eigenvalue weighted by molar-refractivity contribution is -0.275. The van der Waals surface area contributed by atoms with E-state index >= 15 is 0 Å². The average Bonchev–Trinajstić information content (AvgIpc) is 3.45. The van der Waals surface area contributed by atoms with E-state index in [4.69, 9.17) is 14.2 Å². The molecular formula is C33H40FN4O9S2+. The van der Waals surface area contributed by atoms with Crippen LogP contribution in [0, 0.1) is 10.7 Å². The molecule has 3 atom stereocenters. The first-order valence-electron chi connectivity index (χ1n) is 15.4. The monoisotopic (exact) mass is 719 g/mol. The van der Waals surface area contributed by atoms with E-state index in [2.05, 4.69) is 10.3 Å². The molecule has 0 saturated heterocycles. The number of esters is 1. The number of rotatable bonds is 10. The number of carbonyl (C=O) groups excluding carboxylic acids is 4. The fraction of sp³-hybridized carbons (Fsp3) is 0.394. The molecule has 0 saturated carbocycles. The van der Waals surface area contributed by atoms with Crippen molar-refractivity contribution < 1.29 is 46.2 Å². The number of fused-ring (bicyclic) bond motifs is 5. The van der Waals surface area contributed by atoms with E-state index in [-0.39, 0.29) is 30.5 Å². The number of aromatic nitrogens is 1. The number of hydrogen-bond acceptors (Lipinski definition) is 10. The van der Waals surface area contributed by atoms with Crippen LogP contribution < -0.4 is 10.1 Å². The molecule has 49 heavy (non-hydrogen) atoms. The minimum absolute atomic E-state index is 0.0464. The number of amides is 2. The van der Waals surface area contributed by atoms with E-state index in [1.54, 1.807) is 52.0 Å². The molecule has 264 valence electrons. The van der Waals surface area contributed by atoms with Gasteiger partial charge in [-0.2, -0.15) is 4.21 Å². The molecule has 3 unspecified atom stereocenters. The fourth-order valence-corrected chi connectivity index (χ4v) is 7.35.